The van der Waals surface area contributed by atoms with Crippen molar-refractivity contribution in [1.82, 2.24) is 9.88 Å². The Labute approximate surface area is 105 Å². The van der Waals surface area contributed by atoms with E-state index in [1.54, 1.807) is 11.0 Å². The zero-order valence-electron chi connectivity index (χ0n) is 10.2. The Hall–Kier alpha value is -1.49. The van der Waals surface area contributed by atoms with Crippen LogP contribution < -0.4 is 0 Å². The number of pyridine rings is 1. The van der Waals surface area contributed by atoms with E-state index in [1.807, 2.05) is 0 Å². The van der Waals surface area contributed by atoms with Crippen LogP contribution in [0.5, 0.6) is 0 Å². The number of carbonyl (C=O) groups is 1. The Morgan fingerprint density at radius 1 is 1.50 bits per heavy atom. The second-order valence-corrected chi connectivity index (χ2v) is 4.50. The molecule has 4 nitrogen and oxygen atoms in total. The van der Waals surface area contributed by atoms with Gasteiger partial charge in [0.05, 0.1) is 12.2 Å². The molecule has 1 N–H and O–H groups in total. The fraction of sp³-hybridized carbons (Fsp3) is 0.538. The van der Waals surface area contributed by atoms with Crippen molar-refractivity contribution in [1.29, 1.82) is 0 Å². The summed E-state index contributed by atoms with van der Waals surface area (Å²) in [5, 5.41) is 9.06. The Kier molecular flexibility index (Phi) is 4.25. The predicted octanol–water partition coefficient (Wildman–Crippen LogP) is 1.60. The van der Waals surface area contributed by atoms with Gasteiger partial charge in [-0.2, -0.15) is 4.39 Å². The Bertz CT molecular complexity index is 419. The van der Waals surface area contributed by atoms with Crippen molar-refractivity contribution in [2.45, 2.75) is 31.7 Å². The summed E-state index contributed by atoms with van der Waals surface area (Å²) in [5.74, 6) is -1.12. The van der Waals surface area contributed by atoms with Crippen molar-refractivity contribution in [2.75, 3.05) is 13.2 Å². The summed E-state index contributed by atoms with van der Waals surface area (Å²) in [7, 11) is 0. The van der Waals surface area contributed by atoms with Crippen LogP contribution in [0.4, 0.5) is 4.39 Å². The average molecular weight is 252 g/mol. The van der Waals surface area contributed by atoms with Gasteiger partial charge in [-0.05, 0) is 25.0 Å². The summed E-state index contributed by atoms with van der Waals surface area (Å²) >= 11 is 0. The van der Waals surface area contributed by atoms with Gasteiger partial charge in [-0.15, -0.1) is 0 Å². The predicted molar refractivity (Wildman–Crippen MR) is 64.6 cm³/mol. The highest BCUT2D eigenvalue weighted by atomic mass is 19.1. The van der Waals surface area contributed by atoms with Gasteiger partial charge in [0.15, 0.2) is 0 Å². The van der Waals surface area contributed by atoms with E-state index in [1.165, 1.54) is 12.3 Å². The molecule has 1 saturated carbocycles. The topological polar surface area (TPSA) is 53.4 Å². The van der Waals surface area contributed by atoms with E-state index >= 15 is 0 Å². The molecule has 1 heterocycles. The Morgan fingerprint density at radius 3 is 2.83 bits per heavy atom. The van der Waals surface area contributed by atoms with Gasteiger partial charge in [-0.25, -0.2) is 4.98 Å². The highest BCUT2D eigenvalue weighted by Crippen LogP contribution is 2.25. The third-order valence-corrected chi connectivity index (χ3v) is 3.36. The maximum atomic E-state index is 13.5. The lowest BCUT2D eigenvalue weighted by Crippen LogP contribution is -2.41. The van der Waals surface area contributed by atoms with E-state index in [-0.39, 0.29) is 30.7 Å². The lowest BCUT2D eigenvalue weighted by molar-refractivity contribution is 0.0632. The average Bonchev–Trinajstić information content (AvgIpc) is 2.89. The van der Waals surface area contributed by atoms with Gasteiger partial charge in [-0.3, -0.25) is 4.79 Å². The maximum absolute atomic E-state index is 13.5. The molecule has 0 radical (unpaired) electrons. The second-order valence-electron chi connectivity index (χ2n) is 4.50. The number of aromatic nitrogens is 1. The van der Waals surface area contributed by atoms with Crippen molar-refractivity contribution < 1.29 is 14.3 Å². The number of halogens is 1. The molecule has 1 aliphatic carbocycles. The first kappa shape index (κ1) is 13.0. The maximum Gasteiger partial charge on any atom is 0.258 e. The van der Waals surface area contributed by atoms with Crippen LogP contribution in [0.1, 0.15) is 36.0 Å². The van der Waals surface area contributed by atoms with Gasteiger partial charge >= 0.3 is 0 Å². The first-order valence-electron chi connectivity index (χ1n) is 6.26. The summed E-state index contributed by atoms with van der Waals surface area (Å²) in [6.45, 7) is 0.141. The SMILES string of the molecule is O=C(c1cccnc1F)N(CCO)C1CCCC1. The Balaban J connectivity index is 2.20. The third-order valence-electron chi connectivity index (χ3n) is 3.36. The summed E-state index contributed by atoms with van der Waals surface area (Å²) in [5.41, 5.74) is -0.0159. The molecule has 0 saturated heterocycles. The standard InChI is InChI=1S/C13H17FN2O2/c14-12-11(6-3-7-15-12)13(18)16(8-9-17)10-4-1-2-5-10/h3,6-7,10,17H,1-2,4-5,8-9H2. The largest absolute Gasteiger partial charge is 0.395 e. The van der Waals surface area contributed by atoms with E-state index in [0.717, 1.165) is 25.7 Å². The highest BCUT2D eigenvalue weighted by Gasteiger charge is 2.28. The van der Waals surface area contributed by atoms with Gasteiger partial charge in [0, 0.05) is 18.8 Å². The number of amides is 1. The number of aliphatic hydroxyl groups is 1. The number of nitrogens with zero attached hydrogens (tertiary/aromatic N) is 2. The molecule has 1 aromatic heterocycles. The van der Waals surface area contributed by atoms with E-state index in [0.29, 0.717) is 0 Å². The first-order chi connectivity index (χ1) is 8.74. The molecule has 2 rings (SSSR count). The van der Waals surface area contributed by atoms with Crippen LogP contribution in [0.2, 0.25) is 0 Å². The second kappa shape index (κ2) is 5.91. The zero-order chi connectivity index (χ0) is 13.0. The Morgan fingerprint density at radius 2 is 2.22 bits per heavy atom. The smallest absolute Gasteiger partial charge is 0.258 e. The molecule has 1 aromatic rings. The van der Waals surface area contributed by atoms with Crippen molar-refractivity contribution in [3.8, 4) is 0 Å². The minimum atomic E-state index is -0.747. The molecule has 1 amide bonds. The minimum absolute atomic E-state index is 0.0159. The summed E-state index contributed by atoms with van der Waals surface area (Å²) < 4.78 is 13.5. The molecule has 0 unspecified atom stereocenters. The number of rotatable bonds is 4. The number of hydrogen-bond acceptors (Lipinski definition) is 3. The highest BCUT2D eigenvalue weighted by molar-refractivity contribution is 5.94. The fourth-order valence-corrected chi connectivity index (χ4v) is 2.47. The molecule has 0 atom stereocenters. The van der Waals surface area contributed by atoms with Crippen molar-refractivity contribution in [3.63, 3.8) is 0 Å². The van der Waals surface area contributed by atoms with Crippen LogP contribution in [0.3, 0.4) is 0 Å². The zero-order valence-corrected chi connectivity index (χ0v) is 10.2. The van der Waals surface area contributed by atoms with E-state index in [2.05, 4.69) is 4.98 Å². The lowest BCUT2D eigenvalue weighted by Gasteiger charge is -2.28. The van der Waals surface area contributed by atoms with Crippen molar-refractivity contribution in [2.24, 2.45) is 0 Å². The van der Waals surface area contributed by atoms with Crippen molar-refractivity contribution in [3.05, 3.63) is 29.8 Å². The van der Waals surface area contributed by atoms with Gasteiger partial charge in [0.2, 0.25) is 5.95 Å². The lowest BCUT2D eigenvalue weighted by atomic mass is 10.1. The van der Waals surface area contributed by atoms with Gasteiger partial charge in [0.1, 0.15) is 0 Å². The molecule has 0 bridgehead atoms. The molecule has 0 aromatic carbocycles. The van der Waals surface area contributed by atoms with E-state index in [4.69, 9.17) is 5.11 Å². The van der Waals surface area contributed by atoms with Gasteiger partial charge < -0.3 is 10.0 Å². The molecule has 1 fully saturated rings. The number of carbonyl (C=O) groups excluding carboxylic acids is 1. The molecule has 5 heteroatoms. The summed E-state index contributed by atoms with van der Waals surface area (Å²) in [6.07, 6.45) is 5.32. The van der Waals surface area contributed by atoms with Crippen LogP contribution in [0.25, 0.3) is 0 Å². The van der Waals surface area contributed by atoms with Gasteiger partial charge in [-0.1, -0.05) is 12.8 Å². The van der Waals surface area contributed by atoms with Gasteiger partial charge in [0.25, 0.3) is 5.91 Å². The minimum Gasteiger partial charge on any atom is -0.395 e. The van der Waals surface area contributed by atoms with Crippen LogP contribution >= 0.6 is 0 Å². The first-order valence-corrected chi connectivity index (χ1v) is 6.26. The normalized spacial score (nSPS) is 15.9. The molecule has 0 aliphatic heterocycles. The third kappa shape index (κ3) is 2.67. The monoisotopic (exact) mass is 252 g/mol. The molecule has 1 aliphatic rings. The quantitative estimate of drug-likeness (QED) is 0.828. The number of hydrogen-bond donors (Lipinski definition) is 1. The number of aliphatic hydroxyl groups excluding tert-OH is 1. The molecule has 0 spiro atoms. The van der Waals surface area contributed by atoms with Crippen molar-refractivity contribution >= 4 is 5.91 Å². The molecule has 18 heavy (non-hydrogen) atoms. The van der Waals surface area contributed by atoms with Crippen LogP contribution in [0, 0.1) is 5.95 Å². The summed E-state index contributed by atoms with van der Waals surface area (Å²) in [6, 6.07) is 3.09. The molecular formula is C13H17FN2O2. The summed E-state index contributed by atoms with van der Waals surface area (Å²) in [4.78, 5) is 17.3. The van der Waals surface area contributed by atoms with Crippen LogP contribution in [-0.2, 0) is 0 Å². The van der Waals surface area contributed by atoms with Crippen LogP contribution in [-0.4, -0.2) is 40.1 Å². The molecule has 98 valence electrons. The van der Waals surface area contributed by atoms with E-state index < -0.39 is 5.95 Å². The molecular weight excluding hydrogens is 235 g/mol. The van der Waals surface area contributed by atoms with E-state index in [9.17, 15) is 9.18 Å². The fourth-order valence-electron chi connectivity index (χ4n) is 2.47. The van der Waals surface area contributed by atoms with Crippen LogP contribution in [0.15, 0.2) is 18.3 Å².